The van der Waals surface area contributed by atoms with E-state index in [0.717, 1.165) is 0 Å². The molecule has 4 heteroatoms. The topological polar surface area (TPSA) is 52.0 Å². The van der Waals surface area contributed by atoms with Gasteiger partial charge in [0.2, 0.25) is 0 Å². The van der Waals surface area contributed by atoms with Crippen molar-refractivity contribution >= 4 is 0 Å². The fourth-order valence-electron chi connectivity index (χ4n) is 1.19. The summed E-state index contributed by atoms with van der Waals surface area (Å²) in [5.41, 5.74) is 6.70. The van der Waals surface area contributed by atoms with E-state index in [-0.39, 0.29) is 5.82 Å². The molecule has 0 radical (unpaired) electrons. The van der Waals surface area contributed by atoms with E-state index in [1.807, 2.05) is 0 Å². The minimum atomic E-state index is -0.298. The molecule has 0 saturated heterocycles. The maximum Gasteiger partial charge on any atom is 0.167 e. The maximum atomic E-state index is 12.9. The summed E-state index contributed by atoms with van der Waals surface area (Å²) in [6.45, 7) is 0.318. The van der Waals surface area contributed by atoms with Crippen LogP contribution in [-0.2, 0) is 6.54 Å². The monoisotopic (exact) mass is 192 g/mol. The number of nitrogens with zero attached hydrogens (tertiary/aromatic N) is 1. The summed E-state index contributed by atoms with van der Waals surface area (Å²) in [5, 5.41) is 3.72. The van der Waals surface area contributed by atoms with Gasteiger partial charge in [-0.25, -0.2) is 4.39 Å². The van der Waals surface area contributed by atoms with Crippen molar-refractivity contribution in [2.45, 2.75) is 6.54 Å². The largest absolute Gasteiger partial charge is 0.356 e. The SMILES string of the molecule is NCc1cc(-c2cccc(F)c2)on1. The third-order valence-corrected chi connectivity index (χ3v) is 1.88. The highest BCUT2D eigenvalue weighted by Gasteiger charge is 2.05. The summed E-state index contributed by atoms with van der Waals surface area (Å²) in [4.78, 5) is 0. The first-order chi connectivity index (χ1) is 6.79. The van der Waals surface area contributed by atoms with Crippen LogP contribution in [0.2, 0.25) is 0 Å². The van der Waals surface area contributed by atoms with Crippen molar-refractivity contribution in [2.24, 2.45) is 5.73 Å². The predicted molar refractivity (Wildman–Crippen MR) is 49.8 cm³/mol. The molecular weight excluding hydrogens is 183 g/mol. The van der Waals surface area contributed by atoms with Gasteiger partial charge in [0, 0.05) is 18.2 Å². The molecule has 0 saturated carbocycles. The van der Waals surface area contributed by atoms with Crippen molar-refractivity contribution in [1.82, 2.24) is 5.16 Å². The van der Waals surface area contributed by atoms with E-state index >= 15 is 0 Å². The Morgan fingerprint density at radius 1 is 1.36 bits per heavy atom. The molecule has 72 valence electrons. The van der Waals surface area contributed by atoms with Gasteiger partial charge >= 0.3 is 0 Å². The smallest absolute Gasteiger partial charge is 0.167 e. The number of rotatable bonds is 2. The summed E-state index contributed by atoms with van der Waals surface area (Å²) in [7, 11) is 0. The average Bonchev–Trinajstić information content (AvgIpc) is 2.66. The van der Waals surface area contributed by atoms with Gasteiger partial charge in [-0.05, 0) is 12.1 Å². The Labute approximate surface area is 80.3 Å². The highest BCUT2D eigenvalue weighted by Crippen LogP contribution is 2.20. The van der Waals surface area contributed by atoms with Gasteiger partial charge in [-0.2, -0.15) is 0 Å². The van der Waals surface area contributed by atoms with Crippen LogP contribution in [-0.4, -0.2) is 5.16 Å². The molecule has 3 nitrogen and oxygen atoms in total. The van der Waals surface area contributed by atoms with Crippen molar-refractivity contribution in [3.63, 3.8) is 0 Å². The molecule has 0 aliphatic rings. The van der Waals surface area contributed by atoms with Gasteiger partial charge in [0.1, 0.15) is 5.82 Å². The minimum Gasteiger partial charge on any atom is -0.356 e. The lowest BCUT2D eigenvalue weighted by molar-refractivity contribution is 0.423. The number of halogens is 1. The van der Waals surface area contributed by atoms with Crippen LogP contribution in [0.25, 0.3) is 11.3 Å². The normalized spacial score (nSPS) is 10.4. The maximum absolute atomic E-state index is 12.9. The predicted octanol–water partition coefficient (Wildman–Crippen LogP) is 1.94. The average molecular weight is 192 g/mol. The first-order valence-corrected chi connectivity index (χ1v) is 4.21. The Bertz CT molecular complexity index is 439. The molecule has 2 N–H and O–H groups in total. The third-order valence-electron chi connectivity index (χ3n) is 1.88. The van der Waals surface area contributed by atoms with Crippen molar-refractivity contribution in [3.8, 4) is 11.3 Å². The third kappa shape index (κ3) is 1.65. The number of hydrogen-bond acceptors (Lipinski definition) is 3. The number of nitrogens with two attached hydrogens (primary N) is 1. The van der Waals surface area contributed by atoms with Crippen LogP contribution >= 0.6 is 0 Å². The first kappa shape index (κ1) is 8.90. The zero-order valence-electron chi connectivity index (χ0n) is 7.40. The fraction of sp³-hybridized carbons (Fsp3) is 0.100. The second-order valence-corrected chi connectivity index (χ2v) is 2.90. The number of benzene rings is 1. The van der Waals surface area contributed by atoms with E-state index in [0.29, 0.717) is 23.6 Å². The molecule has 1 heterocycles. The van der Waals surface area contributed by atoms with Crippen LogP contribution in [0.1, 0.15) is 5.69 Å². The van der Waals surface area contributed by atoms with Crippen LogP contribution in [0, 0.1) is 5.82 Å². The van der Waals surface area contributed by atoms with Crippen molar-refractivity contribution in [1.29, 1.82) is 0 Å². The lowest BCUT2D eigenvalue weighted by Gasteiger charge is -1.93. The Balaban J connectivity index is 2.39. The summed E-state index contributed by atoms with van der Waals surface area (Å²) in [6.07, 6.45) is 0. The van der Waals surface area contributed by atoms with Crippen LogP contribution in [0.15, 0.2) is 34.9 Å². The molecule has 0 aliphatic heterocycles. The van der Waals surface area contributed by atoms with Crippen molar-refractivity contribution in [2.75, 3.05) is 0 Å². The lowest BCUT2D eigenvalue weighted by Crippen LogP contribution is -1.94. The van der Waals surface area contributed by atoms with Gasteiger partial charge in [-0.15, -0.1) is 0 Å². The van der Waals surface area contributed by atoms with E-state index in [9.17, 15) is 4.39 Å². The van der Waals surface area contributed by atoms with Crippen molar-refractivity contribution < 1.29 is 8.91 Å². The standard InChI is InChI=1S/C10H9FN2O/c11-8-3-1-2-7(4-8)10-5-9(6-12)13-14-10/h1-5H,6,12H2. The summed E-state index contributed by atoms with van der Waals surface area (Å²) in [6, 6.07) is 7.85. The zero-order valence-corrected chi connectivity index (χ0v) is 7.40. The molecule has 0 atom stereocenters. The van der Waals surface area contributed by atoms with Gasteiger partial charge in [0.05, 0.1) is 5.69 Å². The van der Waals surface area contributed by atoms with Gasteiger partial charge in [0.25, 0.3) is 0 Å². The van der Waals surface area contributed by atoms with Crippen LogP contribution < -0.4 is 5.73 Å². The molecule has 1 aromatic heterocycles. The Morgan fingerprint density at radius 3 is 2.86 bits per heavy atom. The Morgan fingerprint density at radius 2 is 2.21 bits per heavy atom. The highest BCUT2D eigenvalue weighted by atomic mass is 19.1. The molecule has 1 aromatic carbocycles. The molecule has 0 amide bonds. The molecule has 2 rings (SSSR count). The number of aromatic nitrogens is 1. The lowest BCUT2D eigenvalue weighted by atomic mass is 10.1. The molecule has 0 fully saturated rings. The van der Waals surface area contributed by atoms with E-state index in [1.165, 1.54) is 12.1 Å². The summed E-state index contributed by atoms with van der Waals surface area (Å²) < 4.78 is 17.9. The minimum absolute atomic E-state index is 0.298. The Kier molecular flexibility index (Phi) is 2.28. The molecule has 14 heavy (non-hydrogen) atoms. The second-order valence-electron chi connectivity index (χ2n) is 2.90. The fourth-order valence-corrected chi connectivity index (χ4v) is 1.19. The quantitative estimate of drug-likeness (QED) is 0.791. The van der Waals surface area contributed by atoms with Gasteiger partial charge in [-0.1, -0.05) is 17.3 Å². The molecule has 2 aromatic rings. The van der Waals surface area contributed by atoms with E-state index < -0.39 is 0 Å². The van der Waals surface area contributed by atoms with Gasteiger partial charge in [-0.3, -0.25) is 0 Å². The zero-order chi connectivity index (χ0) is 9.97. The molecule has 0 bridgehead atoms. The van der Waals surface area contributed by atoms with E-state index in [1.54, 1.807) is 18.2 Å². The molecular formula is C10H9FN2O. The van der Waals surface area contributed by atoms with E-state index in [4.69, 9.17) is 10.3 Å². The molecule has 0 spiro atoms. The van der Waals surface area contributed by atoms with Gasteiger partial charge in [0.15, 0.2) is 5.76 Å². The number of hydrogen-bond donors (Lipinski definition) is 1. The molecule has 0 unspecified atom stereocenters. The van der Waals surface area contributed by atoms with Crippen LogP contribution in [0.4, 0.5) is 4.39 Å². The van der Waals surface area contributed by atoms with E-state index in [2.05, 4.69) is 5.16 Å². The first-order valence-electron chi connectivity index (χ1n) is 4.21. The second kappa shape index (κ2) is 3.59. The summed E-state index contributed by atoms with van der Waals surface area (Å²) in [5.74, 6) is 0.234. The Hall–Kier alpha value is -1.68. The van der Waals surface area contributed by atoms with Crippen molar-refractivity contribution in [3.05, 3.63) is 41.8 Å². The summed E-state index contributed by atoms with van der Waals surface area (Å²) >= 11 is 0. The van der Waals surface area contributed by atoms with Gasteiger partial charge < -0.3 is 10.3 Å². The highest BCUT2D eigenvalue weighted by molar-refractivity contribution is 5.57. The molecule has 0 aliphatic carbocycles. The van der Waals surface area contributed by atoms with Crippen LogP contribution in [0.3, 0.4) is 0 Å². The van der Waals surface area contributed by atoms with Crippen LogP contribution in [0.5, 0.6) is 0 Å².